The second kappa shape index (κ2) is 7.17. The van der Waals surface area contributed by atoms with Gasteiger partial charge in [-0.1, -0.05) is 0 Å². The third-order valence-electron chi connectivity index (χ3n) is 3.12. The molecule has 2 unspecified atom stereocenters. The van der Waals surface area contributed by atoms with E-state index in [0.717, 1.165) is 19.6 Å². The van der Waals surface area contributed by atoms with E-state index in [4.69, 9.17) is 0 Å². The molecule has 94 valence electrons. The number of carbonyl (C=O) groups excluding carboxylic acids is 1. The molecule has 0 aromatic heterocycles. The molecule has 1 aliphatic rings. The predicted octanol–water partition coefficient (Wildman–Crippen LogP) is 1.73. The summed E-state index contributed by atoms with van der Waals surface area (Å²) in [6, 6.07) is -0.0406. The van der Waals surface area contributed by atoms with Crippen molar-refractivity contribution in [3.05, 3.63) is 0 Å². The Bertz CT molecular complexity index is 213. The molecule has 2 atom stereocenters. The maximum Gasteiger partial charge on any atom is 0.239 e. The van der Waals surface area contributed by atoms with Crippen LogP contribution in [0.3, 0.4) is 0 Å². The van der Waals surface area contributed by atoms with E-state index in [9.17, 15) is 4.79 Å². The largest absolute Gasteiger partial charge is 0.342 e. The third-order valence-corrected chi connectivity index (χ3v) is 4.52. The summed E-state index contributed by atoms with van der Waals surface area (Å²) in [5.74, 6) is 1.51. The summed E-state index contributed by atoms with van der Waals surface area (Å²) < 4.78 is 0. The van der Waals surface area contributed by atoms with E-state index in [1.807, 2.05) is 37.4 Å². The topological polar surface area (TPSA) is 32.3 Å². The van der Waals surface area contributed by atoms with Gasteiger partial charge in [0.05, 0.1) is 6.04 Å². The maximum absolute atomic E-state index is 12.0. The second-order valence-electron chi connectivity index (χ2n) is 4.28. The first-order chi connectivity index (χ1) is 7.69. The van der Waals surface area contributed by atoms with Gasteiger partial charge in [0.15, 0.2) is 0 Å². The lowest BCUT2D eigenvalue weighted by Gasteiger charge is -2.24. The highest BCUT2D eigenvalue weighted by Gasteiger charge is 2.20. The van der Waals surface area contributed by atoms with Crippen LogP contribution in [0.5, 0.6) is 0 Å². The van der Waals surface area contributed by atoms with E-state index in [-0.39, 0.29) is 11.9 Å². The normalized spacial score (nSPS) is 22.1. The molecule has 0 aromatic rings. The predicted molar refractivity (Wildman–Crippen MR) is 70.9 cm³/mol. The summed E-state index contributed by atoms with van der Waals surface area (Å²) in [6.45, 7) is 8.61. The molecule has 3 nitrogen and oxygen atoms in total. The maximum atomic E-state index is 12.0. The van der Waals surface area contributed by atoms with Gasteiger partial charge in [0.1, 0.15) is 0 Å². The van der Waals surface area contributed by atoms with Crippen LogP contribution in [0, 0.1) is 0 Å². The fourth-order valence-corrected chi connectivity index (χ4v) is 3.22. The van der Waals surface area contributed by atoms with Crippen LogP contribution in [-0.2, 0) is 4.79 Å². The molecule has 1 heterocycles. The molecule has 1 fully saturated rings. The van der Waals surface area contributed by atoms with E-state index < -0.39 is 0 Å². The van der Waals surface area contributed by atoms with Crippen LogP contribution in [0.15, 0.2) is 0 Å². The lowest BCUT2D eigenvalue weighted by Crippen LogP contribution is -2.46. The lowest BCUT2D eigenvalue weighted by atomic mass is 10.2. The fourth-order valence-electron chi connectivity index (χ4n) is 2.01. The highest BCUT2D eigenvalue weighted by molar-refractivity contribution is 8.00. The van der Waals surface area contributed by atoms with Gasteiger partial charge in [0.25, 0.3) is 0 Å². The third kappa shape index (κ3) is 3.98. The Hall–Kier alpha value is -0.220. The Labute approximate surface area is 103 Å². The van der Waals surface area contributed by atoms with Gasteiger partial charge >= 0.3 is 0 Å². The summed E-state index contributed by atoms with van der Waals surface area (Å²) in [5.41, 5.74) is 0. The zero-order valence-electron chi connectivity index (χ0n) is 10.7. The minimum atomic E-state index is -0.0406. The minimum absolute atomic E-state index is 0.0406. The van der Waals surface area contributed by atoms with Crippen LogP contribution < -0.4 is 5.32 Å². The molecule has 1 amide bonds. The van der Waals surface area contributed by atoms with E-state index in [1.54, 1.807) is 0 Å². The molecule has 1 saturated heterocycles. The molecule has 4 heteroatoms. The number of rotatable bonds is 6. The lowest BCUT2D eigenvalue weighted by molar-refractivity contribution is -0.132. The van der Waals surface area contributed by atoms with E-state index >= 15 is 0 Å². The molecule has 0 spiro atoms. The van der Waals surface area contributed by atoms with Gasteiger partial charge in [-0.2, -0.15) is 11.8 Å². The van der Waals surface area contributed by atoms with Crippen molar-refractivity contribution in [1.82, 2.24) is 10.2 Å². The number of nitrogens with one attached hydrogen (secondary N) is 1. The first-order valence-electron chi connectivity index (χ1n) is 6.32. The van der Waals surface area contributed by atoms with Gasteiger partial charge in [-0.05, 0) is 39.4 Å². The van der Waals surface area contributed by atoms with Crippen molar-refractivity contribution >= 4 is 17.7 Å². The molecule has 1 N–H and O–H groups in total. The number of hydrogen-bond acceptors (Lipinski definition) is 3. The Morgan fingerprint density at radius 1 is 1.50 bits per heavy atom. The standard InChI is InChI=1S/C12H24N2OS/c1-4-14(5-2)12(15)10(3)13-9-11-7-6-8-16-11/h10-11,13H,4-9H2,1-3H3. The molecule has 1 aliphatic heterocycles. The van der Waals surface area contributed by atoms with E-state index in [2.05, 4.69) is 5.32 Å². The van der Waals surface area contributed by atoms with Crippen LogP contribution in [0.1, 0.15) is 33.6 Å². The van der Waals surface area contributed by atoms with Gasteiger partial charge in [-0.3, -0.25) is 4.79 Å². The molecule has 0 aromatic carbocycles. The first-order valence-corrected chi connectivity index (χ1v) is 7.37. The number of thioether (sulfide) groups is 1. The Kier molecular flexibility index (Phi) is 6.21. The van der Waals surface area contributed by atoms with Crippen LogP contribution in [0.4, 0.5) is 0 Å². The molecular formula is C12H24N2OS. The van der Waals surface area contributed by atoms with Gasteiger partial charge in [-0.15, -0.1) is 0 Å². The van der Waals surface area contributed by atoms with Crippen LogP contribution in [0.2, 0.25) is 0 Å². The van der Waals surface area contributed by atoms with E-state index in [0.29, 0.717) is 5.25 Å². The van der Waals surface area contributed by atoms with Crippen LogP contribution >= 0.6 is 11.8 Å². The number of likely N-dealkylation sites (N-methyl/N-ethyl adjacent to an activating group) is 1. The Morgan fingerprint density at radius 3 is 2.69 bits per heavy atom. The highest BCUT2D eigenvalue weighted by atomic mass is 32.2. The SMILES string of the molecule is CCN(CC)C(=O)C(C)NCC1CCCS1. The Morgan fingerprint density at radius 2 is 2.19 bits per heavy atom. The van der Waals surface area contributed by atoms with Crippen molar-refractivity contribution in [1.29, 1.82) is 0 Å². The van der Waals surface area contributed by atoms with Crippen molar-refractivity contribution in [2.75, 3.05) is 25.4 Å². The highest BCUT2D eigenvalue weighted by Crippen LogP contribution is 2.25. The zero-order chi connectivity index (χ0) is 12.0. The molecule has 1 rings (SSSR count). The van der Waals surface area contributed by atoms with Gasteiger partial charge in [0.2, 0.25) is 5.91 Å². The summed E-state index contributed by atoms with van der Waals surface area (Å²) >= 11 is 2.03. The number of nitrogens with zero attached hydrogens (tertiary/aromatic N) is 1. The van der Waals surface area contributed by atoms with E-state index in [1.165, 1.54) is 18.6 Å². The average molecular weight is 244 g/mol. The molecule has 0 saturated carbocycles. The number of carbonyl (C=O) groups is 1. The molecular weight excluding hydrogens is 220 g/mol. The molecule has 0 radical (unpaired) electrons. The Balaban J connectivity index is 2.27. The second-order valence-corrected chi connectivity index (χ2v) is 5.68. The summed E-state index contributed by atoms with van der Waals surface area (Å²) in [6.07, 6.45) is 2.62. The summed E-state index contributed by atoms with van der Waals surface area (Å²) in [4.78, 5) is 13.9. The van der Waals surface area contributed by atoms with Gasteiger partial charge in [-0.25, -0.2) is 0 Å². The van der Waals surface area contributed by atoms with Crippen LogP contribution in [-0.4, -0.2) is 47.5 Å². The molecule has 0 aliphatic carbocycles. The number of amides is 1. The summed E-state index contributed by atoms with van der Waals surface area (Å²) in [7, 11) is 0. The van der Waals surface area contributed by atoms with Crippen molar-refractivity contribution < 1.29 is 4.79 Å². The fraction of sp³-hybridized carbons (Fsp3) is 0.917. The quantitative estimate of drug-likeness (QED) is 0.772. The minimum Gasteiger partial charge on any atom is -0.342 e. The monoisotopic (exact) mass is 244 g/mol. The van der Waals surface area contributed by atoms with Crippen molar-refractivity contribution in [2.45, 2.75) is 44.9 Å². The first kappa shape index (κ1) is 13.8. The number of hydrogen-bond donors (Lipinski definition) is 1. The van der Waals surface area contributed by atoms with Crippen molar-refractivity contribution in [2.24, 2.45) is 0 Å². The zero-order valence-corrected chi connectivity index (χ0v) is 11.5. The van der Waals surface area contributed by atoms with Crippen molar-refractivity contribution in [3.8, 4) is 0 Å². The molecule has 16 heavy (non-hydrogen) atoms. The molecule has 0 bridgehead atoms. The summed E-state index contributed by atoms with van der Waals surface area (Å²) in [5, 5.41) is 4.08. The van der Waals surface area contributed by atoms with Gasteiger partial charge < -0.3 is 10.2 Å². The smallest absolute Gasteiger partial charge is 0.239 e. The average Bonchev–Trinajstić information content (AvgIpc) is 2.80. The van der Waals surface area contributed by atoms with Crippen molar-refractivity contribution in [3.63, 3.8) is 0 Å². The van der Waals surface area contributed by atoms with Gasteiger partial charge in [0, 0.05) is 24.9 Å². The van der Waals surface area contributed by atoms with Crippen LogP contribution in [0.25, 0.3) is 0 Å².